The van der Waals surface area contributed by atoms with E-state index >= 15 is 0 Å². The van der Waals surface area contributed by atoms with E-state index in [4.69, 9.17) is 14.2 Å². The van der Waals surface area contributed by atoms with Crippen LogP contribution >= 0.6 is 11.3 Å². The molecule has 3 aromatic rings. The summed E-state index contributed by atoms with van der Waals surface area (Å²) in [6.45, 7) is 4.24. The zero-order valence-corrected chi connectivity index (χ0v) is 20.7. The first-order valence-corrected chi connectivity index (χ1v) is 12.0. The van der Waals surface area contributed by atoms with Gasteiger partial charge < -0.3 is 19.5 Å². The second-order valence-corrected chi connectivity index (χ2v) is 8.36. The Morgan fingerprint density at radius 3 is 2.46 bits per heavy atom. The molecule has 1 N–H and O–H groups in total. The maximum Gasteiger partial charge on any atom is 0.333 e. The van der Waals surface area contributed by atoms with Crippen molar-refractivity contribution in [3.8, 4) is 11.5 Å². The summed E-state index contributed by atoms with van der Waals surface area (Å²) in [5, 5.41) is 2.81. The van der Waals surface area contributed by atoms with Crippen molar-refractivity contribution >= 4 is 35.4 Å². The number of para-hydroxylation sites is 2. The normalized spacial score (nSPS) is 11.9. The summed E-state index contributed by atoms with van der Waals surface area (Å²) in [7, 11) is 1.56. The number of rotatable bonds is 10. The molecular weight excluding hydrogens is 468 g/mol. The van der Waals surface area contributed by atoms with Gasteiger partial charge in [-0.2, -0.15) is 0 Å². The second-order valence-electron chi connectivity index (χ2n) is 7.30. The molecule has 2 aromatic carbocycles. The number of carbonyl (C=O) groups excluding carboxylic acids is 2. The minimum Gasteiger partial charge on any atom is -0.496 e. The van der Waals surface area contributed by atoms with Crippen LogP contribution in [0.1, 0.15) is 25.0 Å². The van der Waals surface area contributed by atoms with Gasteiger partial charge in [-0.1, -0.05) is 36.4 Å². The first kappa shape index (κ1) is 25.8. The van der Waals surface area contributed by atoms with Crippen LogP contribution in [0.15, 0.2) is 53.3 Å². The molecule has 1 heterocycles. The van der Waals surface area contributed by atoms with Gasteiger partial charge in [0.2, 0.25) is 5.91 Å². The zero-order valence-electron chi connectivity index (χ0n) is 19.9. The maximum absolute atomic E-state index is 13.2. The zero-order chi connectivity index (χ0) is 25.2. The maximum atomic E-state index is 13.2. The molecule has 1 aromatic heterocycles. The fourth-order valence-corrected chi connectivity index (χ4v) is 4.37. The van der Waals surface area contributed by atoms with E-state index in [0.717, 1.165) is 22.5 Å². The van der Waals surface area contributed by atoms with Crippen LogP contribution in [-0.4, -0.2) is 36.8 Å². The molecule has 0 atom stereocenters. The fourth-order valence-electron chi connectivity index (χ4n) is 3.35. The highest BCUT2D eigenvalue weighted by atomic mass is 32.1. The fraction of sp³-hybridized carbons (Fsp3) is 0.269. The number of thiazole rings is 1. The lowest BCUT2D eigenvalue weighted by atomic mass is 10.2. The highest BCUT2D eigenvalue weighted by molar-refractivity contribution is 7.07. The molecule has 0 aliphatic carbocycles. The topological polar surface area (TPSA) is 95.9 Å². The molecule has 1 amide bonds. The Hall–Kier alpha value is -3.85. The van der Waals surface area contributed by atoms with Gasteiger partial charge in [0.1, 0.15) is 22.7 Å². The molecular formula is C26H28N2O6S. The first-order valence-electron chi connectivity index (χ1n) is 11.2. The predicted octanol–water partition coefficient (Wildman–Crippen LogP) is 1.81. The molecule has 0 aliphatic rings. The van der Waals surface area contributed by atoms with Gasteiger partial charge in [-0.3, -0.25) is 14.2 Å². The largest absolute Gasteiger partial charge is 0.496 e. The molecule has 0 unspecified atom stereocenters. The highest BCUT2D eigenvalue weighted by Crippen LogP contribution is 2.18. The lowest BCUT2D eigenvalue weighted by Crippen LogP contribution is -2.38. The van der Waals surface area contributed by atoms with Crippen molar-refractivity contribution < 1.29 is 23.8 Å². The number of esters is 1. The van der Waals surface area contributed by atoms with Crippen molar-refractivity contribution in [2.24, 2.45) is 0 Å². The average Bonchev–Trinajstić information content (AvgIpc) is 3.13. The van der Waals surface area contributed by atoms with Crippen molar-refractivity contribution in [1.82, 2.24) is 9.88 Å². The Morgan fingerprint density at radius 1 is 1.03 bits per heavy atom. The van der Waals surface area contributed by atoms with E-state index in [0.29, 0.717) is 27.3 Å². The monoisotopic (exact) mass is 496 g/mol. The molecule has 0 fully saturated rings. The molecule has 9 heteroatoms. The first-order chi connectivity index (χ1) is 17.0. The third-order valence-corrected chi connectivity index (χ3v) is 6.00. The molecule has 35 heavy (non-hydrogen) atoms. The number of amides is 1. The molecule has 0 bridgehead atoms. The quantitative estimate of drug-likeness (QED) is 0.430. The Morgan fingerprint density at radius 2 is 1.74 bits per heavy atom. The lowest BCUT2D eigenvalue weighted by Gasteiger charge is -2.09. The number of aromatic nitrogens is 1. The Bertz CT molecular complexity index is 1360. The third-order valence-electron chi connectivity index (χ3n) is 4.94. The molecule has 0 radical (unpaired) electrons. The van der Waals surface area contributed by atoms with Gasteiger partial charge in [0, 0.05) is 17.7 Å². The third kappa shape index (κ3) is 6.83. The van der Waals surface area contributed by atoms with E-state index in [-0.39, 0.29) is 31.2 Å². The summed E-state index contributed by atoms with van der Waals surface area (Å²) in [6.07, 6.45) is 2.93. The van der Waals surface area contributed by atoms with Gasteiger partial charge in [-0.25, -0.2) is 4.79 Å². The Kier molecular flexibility index (Phi) is 9.25. The van der Waals surface area contributed by atoms with Gasteiger partial charge in [0.25, 0.3) is 5.56 Å². The van der Waals surface area contributed by atoms with E-state index in [2.05, 4.69) is 5.32 Å². The number of methoxy groups -OCH3 is 1. The van der Waals surface area contributed by atoms with E-state index in [9.17, 15) is 14.4 Å². The molecule has 0 spiro atoms. The summed E-state index contributed by atoms with van der Waals surface area (Å²) in [4.78, 5) is 38.1. The molecule has 0 aliphatic heterocycles. The number of nitrogens with zero attached hydrogens (tertiary/aromatic N) is 1. The van der Waals surface area contributed by atoms with Crippen molar-refractivity contribution in [2.45, 2.75) is 26.9 Å². The Labute approximate surface area is 207 Å². The summed E-state index contributed by atoms with van der Waals surface area (Å²) in [5.74, 6) is 0.329. The minimum atomic E-state index is -0.585. The number of benzene rings is 2. The molecule has 3 rings (SSSR count). The number of hydrogen-bond acceptors (Lipinski definition) is 7. The van der Waals surface area contributed by atoms with Crippen LogP contribution in [-0.2, 0) is 27.4 Å². The smallest absolute Gasteiger partial charge is 0.333 e. The van der Waals surface area contributed by atoms with E-state index < -0.39 is 5.97 Å². The SMILES string of the molecule is CCOC(=O)C=c1sc(=Cc2ccccc2OCC)c(=O)n1CC(=O)NCc1ccccc1OC. The Balaban J connectivity index is 1.95. The van der Waals surface area contributed by atoms with Gasteiger partial charge in [0.15, 0.2) is 0 Å². The van der Waals surface area contributed by atoms with Crippen molar-refractivity contribution in [3.05, 3.63) is 79.2 Å². The van der Waals surface area contributed by atoms with Crippen LogP contribution in [0.2, 0.25) is 0 Å². The lowest BCUT2D eigenvalue weighted by molar-refractivity contribution is -0.135. The van der Waals surface area contributed by atoms with Crippen LogP contribution in [0.3, 0.4) is 0 Å². The van der Waals surface area contributed by atoms with Gasteiger partial charge >= 0.3 is 5.97 Å². The predicted molar refractivity (Wildman–Crippen MR) is 135 cm³/mol. The van der Waals surface area contributed by atoms with Crippen molar-refractivity contribution in [1.29, 1.82) is 0 Å². The summed E-state index contributed by atoms with van der Waals surface area (Å²) in [5.41, 5.74) is 1.15. The molecule has 8 nitrogen and oxygen atoms in total. The van der Waals surface area contributed by atoms with Crippen LogP contribution < -0.4 is 29.5 Å². The van der Waals surface area contributed by atoms with Crippen LogP contribution in [0.25, 0.3) is 12.2 Å². The van der Waals surface area contributed by atoms with Gasteiger partial charge in [-0.15, -0.1) is 11.3 Å². The van der Waals surface area contributed by atoms with Crippen molar-refractivity contribution in [3.63, 3.8) is 0 Å². The van der Waals surface area contributed by atoms with Crippen LogP contribution in [0, 0.1) is 0 Å². The standard InChI is InChI=1S/C26H28N2O6S/c1-4-33-21-13-9-6-10-18(21)14-22-26(31)28(24(35-22)15-25(30)34-5-2)17-23(29)27-16-19-11-7-8-12-20(19)32-3/h6-15H,4-5,16-17H2,1-3H3,(H,27,29). The van der Waals surface area contributed by atoms with E-state index in [1.807, 2.05) is 49.4 Å². The summed E-state index contributed by atoms with van der Waals surface area (Å²) < 4.78 is 17.9. The molecule has 0 saturated carbocycles. The average molecular weight is 497 g/mol. The number of carbonyl (C=O) groups is 2. The van der Waals surface area contributed by atoms with Crippen molar-refractivity contribution in [2.75, 3.05) is 20.3 Å². The van der Waals surface area contributed by atoms with E-state index in [1.54, 1.807) is 26.2 Å². The number of hydrogen-bond donors (Lipinski definition) is 1. The summed E-state index contributed by atoms with van der Waals surface area (Å²) in [6, 6.07) is 14.7. The number of ether oxygens (including phenoxy) is 3. The molecule has 0 saturated heterocycles. The van der Waals surface area contributed by atoms with Crippen LogP contribution in [0.4, 0.5) is 0 Å². The number of nitrogens with one attached hydrogen (secondary N) is 1. The highest BCUT2D eigenvalue weighted by Gasteiger charge is 2.12. The van der Waals surface area contributed by atoms with Gasteiger partial charge in [-0.05, 0) is 32.1 Å². The van der Waals surface area contributed by atoms with Gasteiger partial charge in [0.05, 0.1) is 30.9 Å². The van der Waals surface area contributed by atoms with E-state index in [1.165, 1.54) is 10.6 Å². The summed E-state index contributed by atoms with van der Waals surface area (Å²) >= 11 is 1.11. The molecule has 184 valence electrons. The minimum absolute atomic E-state index is 0.199. The van der Waals surface area contributed by atoms with Crippen LogP contribution in [0.5, 0.6) is 11.5 Å². The second kappa shape index (κ2) is 12.6.